The average molecular weight is 398 g/mol. The predicted octanol–water partition coefficient (Wildman–Crippen LogP) is 3.76. The van der Waals surface area contributed by atoms with Crippen LogP contribution in [0.15, 0.2) is 39.7 Å². The Hall–Kier alpha value is -1.38. The van der Waals surface area contributed by atoms with Crippen molar-refractivity contribution in [2.45, 2.75) is 4.90 Å². The van der Waals surface area contributed by atoms with E-state index in [2.05, 4.69) is 15.9 Å². The van der Waals surface area contributed by atoms with Gasteiger partial charge >= 0.3 is 0 Å². The van der Waals surface area contributed by atoms with Gasteiger partial charge in [0.05, 0.1) is 11.4 Å². The van der Waals surface area contributed by atoms with E-state index in [4.69, 9.17) is 17.3 Å². The highest BCUT2D eigenvalue weighted by atomic mass is 79.9. The van der Waals surface area contributed by atoms with Crippen LogP contribution in [0.4, 0.5) is 20.2 Å². The molecule has 21 heavy (non-hydrogen) atoms. The van der Waals surface area contributed by atoms with Crippen molar-refractivity contribution in [3.63, 3.8) is 0 Å². The van der Waals surface area contributed by atoms with Crippen LogP contribution in [0.3, 0.4) is 0 Å². The van der Waals surface area contributed by atoms with Crippen molar-refractivity contribution in [2.75, 3.05) is 10.5 Å². The van der Waals surface area contributed by atoms with Gasteiger partial charge in [0.1, 0.15) is 10.7 Å². The Balaban J connectivity index is 2.51. The van der Waals surface area contributed by atoms with Crippen molar-refractivity contribution >= 4 is 48.9 Å². The highest BCUT2D eigenvalue weighted by Gasteiger charge is 2.23. The number of nitrogens with one attached hydrogen (secondary N) is 1. The molecule has 0 heterocycles. The Kier molecular flexibility index (Phi) is 4.40. The third-order valence-electron chi connectivity index (χ3n) is 2.49. The molecule has 2 rings (SSSR count). The van der Waals surface area contributed by atoms with Crippen molar-refractivity contribution in [1.82, 2.24) is 0 Å². The van der Waals surface area contributed by atoms with Gasteiger partial charge in [0.2, 0.25) is 0 Å². The van der Waals surface area contributed by atoms with E-state index in [1.54, 1.807) is 0 Å². The van der Waals surface area contributed by atoms with Gasteiger partial charge in [-0.25, -0.2) is 17.2 Å². The fraction of sp³-hybridized carbons (Fsp3) is 0. The largest absolute Gasteiger partial charge is 0.396 e. The number of hydrogen-bond donors (Lipinski definition) is 2. The summed E-state index contributed by atoms with van der Waals surface area (Å²) in [5.74, 6) is -1.96. The number of halogens is 4. The highest BCUT2D eigenvalue weighted by molar-refractivity contribution is 9.10. The maximum Gasteiger partial charge on any atom is 0.265 e. The van der Waals surface area contributed by atoms with E-state index in [-0.39, 0.29) is 10.7 Å². The Morgan fingerprint density at radius 3 is 2.52 bits per heavy atom. The lowest BCUT2D eigenvalue weighted by Gasteiger charge is -2.11. The summed E-state index contributed by atoms with van der Waals surface area (Å²) in [7, 11) is -4.38. The summed E-state index contributed by atoms with van der Waals surface area (Å²) in [6, 6.07) is 5.63. The Morgan fingerprint density at radius 2 is 1.86 bits per heavy atom. The van der Waals surface area contributed by atoms with Crippen LogP contribution >= 0.6 is 27.5 Å². The molecule has 112 valence electrons. The average Bonchev–Trinajstić information content (AvgIpc) is 2.37. The number of anilines is 2. The van der Waals surface area contributed by atoms with Crippen molar-refractivity contribution in [1.29, 1.82) is 0 Å². The monoisotopic (exact) mass is 396 g/mol. The molecular formula is C12H8BrClF2N2O2S. The van der Waals surface area contributed by atoms with E-state index >= 15 is 0 Å². The molecule has 0 saturated heterocycles. The zero-order valence-electron chi connectivity index (χ0n) is 10.2. The minimum absolute atomic E-state index is 0.0519. The van der Waals surface area contributed by atoms with Crippen LogP contribution in [0.25, 0.3) is 0 Å². The molecule has 0 fully saturated rings. The van der Waals surface area contributed by atoms with Gasteiger partial charge in [-0.3, -0.25) is 4.72 Å². The van der Waals surface area contributed by atoms with Crippen LogP contribution in [0.1, 0.15) is 0 Å². The van der Waals surface area contributed by atoms with Gasteiger partial charge < -0.3 is 5.73 Å². The Labute approximate surface area is 133 Å². The molecule has 0 amide bonds. The molecule has 3 N–H and O–H groups in total. The molecule has 0 radical (unpaired) electrons. The Morgan fingerprint density at radius 1 is 1.19 bits per heavy atom. The maximum absolute atomic E-state index is 13.9. The molecular weight excluding hydrogens is 390 g/mol. The first-order valence-corrected chi connectivity index (χ1v) is 8.08. The Bertz CT molecular complexity index is 815. The molecule has 0 aliphatic heterocycles. The molecule has 0 atom stereocenters. The van der Waals surface area contributed by atoms with E-state index < -0.39 is 32.2 Å². The van der Waals surface area contributed by atoms with Crippen molar-refractivity contribution < 1.29 is 17.2 Å². The third-order valence-corrected chi connectivity index (χ3v) is 4.57. The van der Waals surface area contributed by atoms with E-state index in [0.717, 1.165) is 18.2 Å². The predicted molar refractivity (Wildman–Crippen MR) is 80.7 cm³/mol. The summed E-state index contributed by atoms with van der Waals surface area (Å²) in [6.45, 7) is 0. The maximum atomic E-state index is 13.9. The second kappa shape index (κ2) is 5.78. The number of hydrogen-bond acceptors (Lipinski definition) is 3. The van der Waals surface area contributed by atoms with Gasteiger partial charge in [0.25, 0.3) is 10.0 Å². The fourth-order valence-electron chi connectivity index (χ4n) is 1.56. The van der Waals surface area contributed by atoms with Gasteiger partial charge in [-0.2, -0.15) is 0 Å². The molecule has 0 aliphatic carbocycles. The summed E-state index contributed by atoms with van der Waals surface area (Å²) >= 11 is 8.75. The van der Waals surface area contributed by atoms with Crippen LogP contribution in [0.2, 0.25) is 5.02 Å². The minimum atomic E-state index is -4.38. The van der Waals surface area contributed by atoms with E-state index in [9.17, 15) is 17.2 Å². The molecule has 0 bridgehead atoms. The van der Waals surface area contributed by atoms with Crippen molar-refractivity contribution in [3.05, 3.63) is 51.5 Å². The minimum Gasteiger partial charge on any atom is -0.396 e. The zero-order chi connectivity index (χ0) is 15.8. The summed E-state index contributed by atoms with van der Waals surface area (Å²) in [6.07, 6.45) is 0. The molecule has 9 heteroatoms. The summed E-state index contributed by atoms with van der Waals surface area (Å²) in [5.41, 5.74) is 4.58. The second-order valence-corrected chi connectivity index (χ2v) is 7.04. The number of benzene rings is 2. The lowest BCUT2D eigenvalue weighted by molar-refractivity contribution is 0.572. The van der Waals surface area contributed by atoms with E-state index in [1.807, 2.05) is 4.72 Å². The van der Waals surface area contributed by atoms with E-state index in [1.165, 1.54) is 12.1 Å². The van der Waals surface area contributed by atoms with Crippen molar-refractivity contribution in [2.24, 2.45) is 0 Å². The quantitative estimate of drug-likeness (QED) is 0.775. The molecule has 2 aromatic rings. The molecule has 0 aromatic heterocycles. The topological polar surface area (TPSA) is 72.2 Å². The van der Waals surface area contributed by atoms with Gasteiger partial charge in [-0.1, -0.05) is 27.5 Å². The normalized spacial score (nSPS) is 11.4. The number of sulfonamides is 1. The van der Waals surface area contributed by atoms with Gasteiger partial charge in [0, 0.05) is 9.50 Å². The third kappa shape index (κ3) is 3.45. The highest BCUT2D eigenvalue weighted by Crippen LogP contribution is 2.28. The zero-order valence-corrected chi connectivity index (χ0v) is 13.4. The first-order valence-electron chi connectivity index (χ1n) is 5.43. The molecule has 0 saturated carbocycles. The molecule has 2 aromatic carbocycles. The fourth-order valence-corrected chi connectivity index (χ4v) is 3.40. The van der Waals surface area contributed by atoms with Crippen LogP contribution in [0, 0.1) is 11.6 Å². The smallest absolute Gasteiger partial charge is 0.265 e. The SMILES string of the molecule is Nc1cc(Cl)cc(S(=O)(=O)Nc2cc(Br)ccc2F)c1F. The summed E-state index contributed by atoms with van der Waals surface area (Å²) in [4.78, 5) is -0.758. The molecule has 4 nitrogen and oxygen atoms in total. The first kappa shape index (κ1) is 16.0. The van der Waals surface area contributed by atoms with Gasteiger partial charge in [-0.05, 0) is 30.3 Å². The summed E-state index contributed by atoms with van der Waals surface area (Å²) in [5, 5.41) is -0.0519. The lowest BCUT2D eigenvalue weighted by Crippen LogP contribution is -2.16. The van der Waals surface area contributed by atoms with Crippen molar-refractivity contribution in [3.8, 4) is 0 Å². The van der Waals surface area contributed by atoms with Crippen LogP contribution < -0.4 is 10.5 Å². The van der Waals surface area contributed by atoms with Crippen LogP contribution in [-0.4, -0.2) is 8.42 Å². The summed E-state index contributed by atoms with van der Waals surface area (Å²) < 4.78 is 54.1. The van der Waals surface area contributed by atoms with Crippen LogP contribution in [-0.2, 0) is 10.0 Å². The van der Waals surface area contributed by atoms with Gasteiger partial charge in [-0.15, -0.1) is 0 Å². The lowest BCUT2D eigenvalue weighted by atomic mass is 10.3. The standard InChI is InChI=1S/C12H8BrClF2N2O2S/c13-6-1-2-8(15)10(3-6)18-21(19,20)11-5-7(14)4-9(17)12(11)16/h1-5,18H,17H2. The number of rotatable bonds is 3. The molecule has 0 aliphatic rings. The van der Waals surface area contributed by atoms with Gasteiger partial charge in [0.15, 0.2) is 5.82 Å². The first-order chi connectivity index (χ1) is 9.70. The van der Waals surface area contributed by atoms with Crippen LogP contribution in [0.5, 0.6) is 0 Å². The number of nitrogens with two attached hydrogens (primary N) is 1. The number of nitrogen functional groups attached to an aromatic ring is 1. The molecule has 0 unspecified atom stereocenters. The van der Waals surface area contributed by atoms with E-state index in [0.29, 0.717) is 4.47 Å². The second-order valence-electron chi connectivity index (χ2n) is 4.04. The molecule has 0 spiro atoms.